The van der Waals surface area contributed by atoms with E-state index in [-0.39, 0.29) is 0 Å². The topological polar surface area (TPSA) is 101 Å². The maximum atomic E-state index is 12.2. The lowest BCUT2D eigenvalue weighted by Crippen LogP contribution is -2.48. The van der Waals surface area contributed by atoms with Gasteiger partial charge in [-0.1, -0.05) is 0 Å². The van der Waals surface area contributed by atoms with Crippen molar-refractivity contribution >= 4 is 24.6 Å². The number of hydrogen-bond donors (Lipinski definition) is 4. The molecular weight excluding hydrogens is 277 g/mol. The summed E-state index contributed by atoms with van der Waals surface area (Å²) in [7, 11) is 0. The van der Waals surface area contributed by atoms with Crippen molar-refractivity contribution < 1.29 is 41.8 Å². The molecule has 0 rings (SSSR count). The molecule has 17 heavy (non-hydrogen) atoms. The van der Waals surface area contributed by atoms with Gasteiger partial charge in [0.15, 0.2) is 6.04 Å². The highest BCUT2D eigenvalue weighted by Crippen LogP contribution is 2.18. The number of carbonyl (C=O) groups is 2. The summed E-state index contributed by atoms with van der Waals surface area (Å²) in [6, 6.07) is -2.16. The van der Waals surface area contributed by atoms with Crippen molar-refractivity contribution in [1.82, 2.24) is 0 Å². The van der Waals surface area contributed by atoms with E-state index in [0.29, 0.717) is 0 Å². The minimum absolute atomic E-state index is 0.861. The third kappa shape index (κ3) is 7.74. The number of halogens is 5. The van der Waals surface area contributed by atoms with Crippen LogP contribution in [-0.4, -0.2) is 46.0 Å². The molecule has 0 aliphatic carbocycles. The molecule has 0 fully saturated rings. The van der Waals surface area contributed by atoms with Crippen LogP contribution in [0.4, 0.5) is 22.0 Å². The smallest absolute Gasteiger partial charge is 0.480 e. The standard InChI is InChI=1S/C4H7F2NO2S.C2HF3O2/c5-4(6,1-10)2(7)3(8)9;3-2(4,5)1(6)7/h2,10H,1,7H2,(H,8,9);(H,6,7)/t2-;/m1./s1. The fourth-order valence-electron chi connectivity index (χ4n) is 0.279. The molecule has 0 aliphatic heterocycles. The van der Waals surface area contributed by atoms with Crippen LogP contribution in [0.3, 0.4) is 0 Å². The summed E-state index contributed by atoms with van der Waals surface area (Å²) in [5.41, 5.74) is 4.61. The van der Waals surface area contributed by atoms with Gasteiger partial charge in [-0.2, -0.15) is 25.8 Å². The maximum absolute atomic E-state index is 12.2. The molecule has 102 valence electrons. The number of aliphatic carboxylic acids is 2. The summed E-state index contributed by atoms with van der Waals surface area (Å²) in [6.07, 6.45) is -5.08. The molecule has 0 radical (unpaired) electrons. The van der Waals surface area contributed by atoms with E-state index in [2.05, 4.69) is 18.4 Å². The Hall–Kier alpha value is -1.10. The molecule has 0 unspecified atom stereocenters. The van der Waals surface area contributed by atoms with Gasteiger partial charge >= 0.3 is 18.1 Å². The SMILES string of the molecule is N[C@H](C(=O)O)C(F)(F)CS.O=C(O)C(F)(F)F. The van der Waals surface area contributed by atoms with Crippen molar-refractivity contribution in [3.8, 4) is 0 Å². The molecule has 0 saturated heterocycles. The molecule has 0 aliphatic rings. The van der Waals surface area contributed by atoms with Gasteiger partial charge in [0.1, 0.15) is 0 Å². The summed E-state index contributed by atoms with van der Waals surface area (Å²) < 4.78 is 56.2. The highest BCUT2D eigenvalue weighted by molar-refractivity contribution is 7.80. The van der Waals surface area contributed by atoms with Crippen molar-refractivity contribution in [1.29, 1.82) is 0 Å². The fourth-order valence-corrected chi connectivity index (χ4v) is 0.476. The van der Waals surface area contributed by atoms with Gasteiger partial charge < -0.3 is 15.9 Å². The second-order valence-corrected chi connectivity index (χ2v) is 2.85. The summed E-state index contributed by atoms with van der Waals surface area (Å²) in [5, 5.41) is 15.1. The van der Waals surface area contributed by atoms with Crippen LogP contribution in [-0.2, 0) is 9.59 Å². The van der Waals surface area contributed by atoms with Gasteiger partial charge in [0.2, 0.25) is 0 Å². The van der Waals surface area contributed by atoms with Crippen LogP contribution < -0.4 is 5.73 Å². The first-order chi connectivity index (χ1) is 7.36. The summed E-state index contributed by atoms with van der Waals surface area (Å²) in [5.74, 6) is -8.78. The first-order valence-corrected chi connectivity index (χ1v) is 4.26. The zero-order chi connectivity index (χ0) is 14.4. The summed E-state index contributed by atoms with van der Waals surface area (Å²) in [4.78, 5) is 18.8. The summed E-state index contributed by atoms with van der Waals surface area (Å²) in [6.45, 7) is 0. The average molecular weight is 285 g/mol. The van der Waals surface area contributed by atoms with E-state index in [1.54, 1.807) is 0 Å². The Morgan fingerprint density at radius 1 is 1.18 bits per heavy atom. The van der Waals surface area contributed by atoms with Gasteiger partial charge in [0.25, 0.3) is 5.92 Å². The van der Waals surface area contributed by atoms with Crippen molar-refractivity contribution in [3.63, 3.8) is 0 Å². The molecule has 0 aromatic carbocycles. The Balaban J connectivity index is 0. The number of alkyl halides is 5. The van der Waals surface area contributed by atoms with Crippen LogP contribution >= 0.6 is 12.6 Å². The van der Waals surface area contributed by atoms with Crippen molar-refractivity contribution in [2.75, 3.05) is 5.75 Å². The molecule has 0 saturated carbocycles. The van der Waals surface area contributed by atoms with Gasteiger partial charge in [0.05, 0.1) is 5.75 Å². The van der Waals surface area contributed by atoms with Crippen LogP contribution in [0.5, 0.6) is 0 Å². The monoisotopic (exact) mass is 285 g/mol. The van der Waals surface area contributed by atoms with E-state index in [1.807, 2.05) is 0 Å². The molecule has 1 atom stereocenters. The molecule has 4 N–H and O–H groups in total. The highest BCUT2D eigenvalue weighted by atomic mass is 32.1. The molecule has 0 aromatic heterocycles. The number of hydrogen-bond acceptors (Lipinski definition) is 4. The number of nitrogens with two attached hydrogens (primary N) is 1. The van der Waals surface area contributed by atoms with Crippen LogP contribution in [0.1, 0.15) is 0 Å². The first-order valence-electron chi connectivity index (χ1n) is 3.63. The molecule has 5 nitrogen and oxygen atoms in total. The molecule has 0 spiro atoms. The van der Waals surface area contributed by atoms with Gasteiger partial charge in [-0.05, 0) is 0 Å². The number of thiol groups is 1. The van der Waals surface area contributed by atoms with Gasteiger partial charge in [-0.15, -0.1) is 0 Å². The minimum Gasteiger partial charge on any atom is -0.480 e. The fraction of sp³-hybridized carbons (Fsp3) is 0.667. The second kappa shape index (κ2) is 6.59. The lowest BCUT2D eigenvalue weighted by Gasteiger charge is -2.16. The minimum atomic E-state index is -5.08. The van der Waals surface area contributed by atoms with Crippen LogP contribution in [0.2, 0.25) is 0 Å². The Morgan fingerprint density at radius 3 is 1.53 bits per heavy atom. The maximum Gasteiger partial charge on any atom is 0.490 e. The van der Waals surface area contributed by atoms with Crippen molar-refractivity contribution in [3.05, 3.63) is 0 Å². The Bertz CT molecular complexity index is 282. The van der Waals surface area contributed by atoms with Crippen molar-refractivity contribution in [2.24, 2.45) is 5.73 Å². The first kappa shape index (κ1) is 18.3. The molecule has 11 heteroatoms. The Morgan fingerprint density at radius 2 is 1.47 bits per heavy atom. The van der Waals surface area contributed by atoms with E-state index in [0.717, 1.165) is 0 Å². The van der Waals surface area contributed by atoms with Gasteiger partial charge in [-0.25, -0.2) is 13.6 Å². The number of carboxylic acid groups (broad SMARTS) is 2. The van der Waals surface area contributed by atoms with Gasteiger partial charge in [0, 0.05) is 0 Å². The average Bonchev–Trinajstić information content (AvgIpc) is 2.15. The van der Waals surface area contributed by atoms with Crippen LogP contribution in [0.25, 0.3) is 0 Å². The van der Waals surface area contributed by atoms with Crippen LogP contribution in [0, 0.1) is 0 Å². The predicted octanol–water partition coefficient (Wildman–Crippen LogP) is 0.597. The quantitative estimate of drug-likeness (QED) is 0.449. The largest absolute Gasteiger partial charge is 0.490 e. The van der Waals surface area contributed by atoms with Crippen LogP contribution in [0.15, 0.2) is 0 Å². The molecule has 0 aromatic rings. The normalized spacial score (nSPS) is 13.4. The third-order valence-electron chi connectivity index (χ3n) is 1.17. The van der Waals surface area contributed by atoms with E-state index in [4.69, 9.17) is 15.0 Å². The zero-order valence-electron chi connectivity index (χ0n) is 7.91. The van der Waals surface area contributed by atoms with E-state index in [9.17, 15) is 26.7 Å². The number of carboxylic acids is 2. The Labute approximate surface area is 96.8 Å². The predicted molar refractivity (Wildman–Crippen MR) is 48.1 cm³/mol. The van der Waals surface area contributed by atoms with E-state index >= 15 is 0 Å². The Kier molecular flexibility index (Phi) is 7.08. The molecule has 0 heterocycles. The second-order valence-electron chi connectivity index (χ2n) is 2.54. The molecule has 0 amide bonds. The lowest BCUT2D eigenvalue weighted by molar-refractivity contribution is -0.192. The third-order valence-corrected chi connectivity index (χ3v) is 1.60. The van der Waals surface area contributed by atoms with Gasteiger partial charge in [-0.3, -0.25) is 4.79 Å². The molecule has 0 bridgehead atoms. The number of rotatable bonds is 3. The summed E-state index contributed by atoms with van der Waals surface area (Å²) >= 11 is 3.24. The lowest BCUT2D eigenvalue weighted by atomic mass is 10.2. The zero-order valence-corrected chi connectivity index (χ0v) is 8.80. The molecular formula is C6H8F5NO4S. The van der Waals surface area contributed by atoms with E-state index < -0.39 is 35.8 Å². The van der Waals surface area contributed by atoms with Crippen molar-refractivity contribution in [2.45, 2.75) is 18.1 Å². The van der Waals surface area contributed by atoms with E-state index in [1.165, 1.54) is 0 Å². The highest BCUT2D eigenvalue weighted by Gasteiger charge is 2.40.